The highest BCUT2D eigenvalue weighted by molar-refractivity contribution is 6.01. The highest BCUT2D eigenvalue weighted by Crippen LogP contribution is 2.64. The number of cyclic esters (lactones) is 2. The van der Waals surface area contributed by atoms with Crippen molar-refractivity contribution in [3.63, 3.8) is 0 Å². The van der Waals surface area contributed by atoms with E-state index in [2.05, 4.69) is 0 Å². The molecule has 0 aromatic heterocycles. The second kappa shape index (κ2) is 4.76. The molecule has 2 aliphatic carbocycles. The van der Waals surface area contributed by atoms with Gasteiger partial charge in [0.2, 0.25) is 0 Å². The number of hydrogen-bond acceptors (Lipinski definition) is 6. The first kappa shape index (κ1) is 15.9. The molecule has 2 fully saturated rings. The molecule has 6 heteroatoms. The van der Waals surface area contributed by atoms with Crippen molar-refractivity contribution in [3.8, 4) is 0 Å². The number of hydrogen-bond donors (Lipinski definition) is 0. The molecular weight excluding hydrogens is 300 g/mol. The van der Waals surface area contributed by atoms with Crippen molar-refractivity contribution >= 4 is 23.7 Å². The molecule has 1 aliphatic heterocycles. The van der Waals surface area contributed by atoms with Gasteiger partial charge in [0.15, 0.2) is 5.78 Å². The van der Waals surface area contributed by atoms with E-state index in [1.54, 1.807) is 13.0 Å². The number of ether oxygens (including phenoxy) is 2. The Kier molecular flexibility index (Phi) is 3.29. The molecule has 23 heavy (non-hydrogen) atoms. The van der Waals surface area contributed by atoms with Gasteiger partial charge in [-0.05, 0) is 18.4 Å². The number of carbonyl (C=O) groups excluding carboxylic acids is 4. The normalized spacial score (nSPS) is 42.5. The van der Waals surface area contributed by atoms with Crippen LogP contribution in [0.4, 0.5) is 0 Å². The Balaban J connectivity index is 2.21. The molecule has 5 atom stereocenters. The van der Waals surface area contributed by atoms with Gasteiger partial charge in [-0.15, -0.1) is 0 Å². The second-order valence-corrected chi connectivity index (χ2v) is 7.16. The van der Waals surface area contributed by atoms with Crippen LogP contribution in [0.5, 0.6) is 0 Å². The molecule has 4 unspecified atom stereocenters. The van der Waals surface area contributed by atoms with Gasteiger partial charge in [0, 0.05) is 18.8 Å². The minimum atomic E-state index is -1.23. The first-order valence-corrected chi connectivity index (χ1v) is 7.81. The van der Waals surface area contributed by atoms with Crippen LogP contribution in [0.25, 0.3) is 0 Å². The summed E-state index contributed by atoms with van der Waals surface area (Å²) in [5.41, 5.74) is -1.12. The van der Waals surface area contributed by atoms with Crippen LogP contribution in [0.15, 0.2) is 11.6 Å². The van der Waals surface area contributed by atoms with Crippen molar-refractivity contribution in [3.05, 3.63) is 11.6 Å². The van der Waals surface area contributed by atoms with Crippen molar-refractivity contribution in [2.45, 2.75) is 46.6 Å². The fourth-order valence-corrected chi connectivity index (χ4v) is 4.46. The average molecular weight is 320 g/mol. The minimum absolute atomic E-state index is 0.00561. The van der Waals surface area contributed by atoms with Crippen LogP contribution in [-0.2, 0) is 28.7 Å². The van der Waals surface area contributed by atoms with E-state index in [4.69, 9.17) is 9.47 Å². The maximum Gasteiger partial charge on any atom is 0.324 e. The molecule has 0 aromatic rings. The fraction of sp³-hybridized carbons (Fsp3) is 0.647. The minimum Gasteiger partial charge on any atom is -0.460 e. The van der Waals surface area contributed by atoms with Gasteiger partial charge in [-0.2, -0.15) is 0 Å². The van der Waals surface area contributed by atoms with E-state index in [-0.39, 0.29) is 18.1 Å². The van der Waals surface area contributed by atoms with E-state index in [0.717, 1.165) is 5.57 Å². The van der Waals surface area contributed by atoms with Gasteiger partial charge in [0.05, 0.1) is 5.92 Å². The number of allylic oxidation sites excluding steroid dienone is 1. The third kappa shape index (κ3) is 1.87. The van der Waals surface area contributed by atoms with Crippen molar-refractivity contribution < 1.29 is 28.7 Å². The van der Waals surface area contributed by atoms with Crippen LogP contribution >= 0.6 is 0 Å². The molecule has 1 spiro atoms. The fourth-order valence-electron chi connectivity index (χ4n) is 4.46. The predicted octanol–water partition coefficient (Wildman–Crippen LogP) is 1.57. The monoisotopic (exact) mass is 320 g/mol. The number of ketones is 1. The van der Waals surface area contributed by atoms with Crippen LogP contribution in [-0.4, -0.2) is 29.8 Å². The lowest BCUT2D eigenvalue weighted by atomic mass is 9.64. The summed E-state index contributed by atoms with van der Waals surface area (Å²) >= 11 is 0. The Hall–Kier alpha value is -1.98. The number of carbonyl (C=O) groups is 4. The summed E-state index contributed by atoms with van der Waals surface area (Å²) in [6.07, 6.45) is 1.28. The molecule has 124 valence electrons. The van der Waals surface area contributed by atoms with Gasteiger partial charge in [0.25, 0.3) is 0 Å². The van der Waals surface area contributed by atoms with Crippen molar-refractivity contribution in [1.29, 1.82) is 0 Å². The van der Waals surface area contributed by atoms with E-state index >= 15 is 0 Å². The van der Waals surface area contributed by atoms with Crippen LogP contribution in [0.1, 0.15) is 40.5 Å². The van der Waals surface area contributed by atoms with Gasteiger partial charge in [-0.1, -0.05) is 26.3 Å². The summed E-state index contributed by atoms with van der Waals surface area (Å²) in [6.45, 7) is 6.72. The third-order valence-electron chi connectivity index (χ3n) is 6.04. The number of fused-ring (bicyclic) bond motifs is 1. The molecule has 3 aliphatic rings. The quantitative estimate of drug-likeness (QED) is 0.538. The van der Waals surface area contributed by atoms with Crippen molar-refractivity contribution in [2.75, 3.05) is 0 Å². The Bertz CT molecular complexity index is 662. The van der Waals surface area contributed by atoms with Gasteiger partial charge >= 0.3 is 17.9 Å². The molecule has 0 aromatic carbocycles. The van der Waals surface area contributed by atoms with Gasteiger partial charge in [-0.3, -0.25) is 19.2 Å². The van der Waals surface area contributed by atoms with Crippen molar-refractivity contribution in [2.24, 2.45) is 22.7 Å². The van der Waals surface area contributed by atoms with E-state index in [1.807, 2.05) is 13.8 Å². The molecule has 1 saturated heterocycles. The molecular formula is C17H20O6. The summed E-state index contributed by atoms with van der Waals surface area (Å²) < 4.78 is 10.4. The Labute approximate surface area is 134 Å². The van der Waals surface area contributed by atoms with Gasteiger partial charge < -0.3 is 9.47 Å². The maximum atomic E-state index is 12.5. The standard InChI is InChI=1S/C17H20O6/c1-8-5-12(19)6-11-7-17(9(2)13(20)23-15(17)21)14(16(8,11)4)22-10(3)18/h6,8-9,14H,5,7H2,1-4H3/t8?,9?,14-,16?,17?/m0/s1. The zero-order valence-electron chi connectivity index (χ0n) is 13.7. The van der Waals surface area contributed by atoms with Crippen LogP contribution in [0, 0.1) is 22.7 Å². The average Bonchev–Trinajstić information content (AvgIpc) is 2.81. The lowest BCUT2D eigenvalue weighted by Crippen LogP contribution is -2.50. The largest absolute Gasteiger partial charge is 0.460 e. The highest BCUT2D eigenvalue weighted by atomic mass is 16.6. The first-order chi connectivity index (χ1) is 10.6. The number of esters is 3. The Morgan fingerprint density at radius 1 is 1.30 bits per heavy atom. The molecule has 6 nitrogen and oxygen atoms in total. The highest BCUT2D eigenvalue weighted by Gasteiger charge is 2.72. The molecule has 0 radical (unpaired) electrons. The predicted molar refractivity (Wildman–Crippen MR) is 77.8 cm³/mol. The van der Waals surface area contributed by atoms with Crippen LogP contribution in [0.3, 0.4) is 0 Å². The zero-order valence-corrected chi connectivity index (χ0v) is 13.7. The third-order valence-corrected chi connectivity index (χ3v) is 6.04. The molecule has 0 N–H and O–H groups in total. The molecule has 0 bridgehead atoms. The lowest BCUT2D eigenvalue weighted by Gasteiger charge is -2.42. The Morgan fingerprint density at radius 3 is 2.48 bits per heavy atom. The van der Waals surface area contributed by atoms with E-state index in [9.17, 15) is 19.2 Å². The SMILES string of the molecule is CC(=O)O[C@H]1C2(C)C(=CC(=O)CC2C)CC12C(=O)OC(=O)C2C. The molecule has 1 heterocycles. The summed E-state index contributed by atoms with van der Waals surface area (Å²) in [6, 6.07) is 0. The summed E-state index contributed by atoms with van der Waals surface area (Å²) in [4.78, 5) is 48.1. The van der Waals surface area contributed by atoms with Crippen LogP contribution < -0.4 is 0 Å². The second-order valence-electron chi connectivity index (χ2n) is 7.16. The Morgan fingerprint density at radius 2 is 1.96 bits per heavy atom. The summed E-state index contributed by atoms with van der Waals surface area (Å²) in [5.74, 6) is -2.60. The van der Waals surface area contributed by atoms with Gasteiger partial charge in [0.1, 0.15) is 11.5 Å². The van der Waals surface area contributed by atoms with Crippen molar-refractivity contribution in [1.82, 2.24) is 0 Å². The summed E-state index contributed by atoms with van der Waals surface area (Å²) in [7, 11) is 0. The van der Waals surface area contributed by atoms with E-state index in [0.29, 0.717) is 6.42 Å². The molecule has 3 rings (SSSR count). The smallest absolute Gasteiger partial charge is 0.324 e. The number of rotatable bonds is 1. The van der Waals surface area contributed by atoms with Crippen LogP contribution in [0.2, 0.25) is 0 Å². The van der Waals surface area contributed by atoms with E-state index < -0.39 is 40.8 Å². The molecule has 1 saturated carbocycles. The zero-order chi connectivity index (χ0) is 17.2. The van der Waals surface area contributed by atoms with E-state index in [1.165, 1.54) is 6.92 Å². The van der Waals surface area contributed by atoms with Gasteiger partial charge in [-0.25, -0.2) is 0 Å². The molecule has 0 amide bonds. The lowest BCUT2D eigenvalue weighted by molar-refractivity contribution is -0.171. The first-order valence-electron chi connectivity index (χ1n) is 7.81. The summed E-state index contributed by atoms with van der Waals surface area (Å²) in [5, 5.41) is 0. The topological polar surface area (TPSA) is 86.7 Å². The maximum absolute atomic E-state index is 12.5.